The summed E-state index contributed by atoms with van der Waals surface area (Å²) in [6.07, 6.45) is 13.3. The molecule has 0 aromatic heterocycles. The van der Waals surface area contributed by atoms with Crippen molar-refractivity contribution in [2.45, 2.75) is 64.2 Å². The molecule has 0 heterocycles. The number of hydrogen-bond donors (Lipinski definition) is 2. The molecule has 0 aromatic rings. The first-order valence-corrected chi connectivity index (χ1v) is 10.2. The van der Waals surface area contributed by atoms with Gasteiger partial charge in [0.2, 0.25) is 0 Å². The highest BCUT2D eigenvalue weighted by atomic mass is 32.1. The molecule has 2 N–H and O–H groups in total. The van der Waals surface area contributed by atoms with E-state index >= 15 is 0 Å². The zero-order chi connectivity index (χ0) is 18.2. The van der Waals surface area contributed by atoms with Gasteiger partial charge in [-0.1, -0.05) is 51.4 Å². The van der Waals surface area contributed by atoms with E-state index in [9.17, 15) is 0 Å². The molecule has 24 heavy (non-hydrogen) atoms. The predicted molar refractivity (Wildman–Crippen MR) is 115 cm³/mol. The Morgan fingerprint density at radius 3 is 1.04 bits per heavy atom. The zero-order valence-electron chi connectivity index (χ0n) is 16.2. The number of unbranched alkanes of at least 4 members (excludes halogenated alkanes) is 9. The normalized spacial score (nSPS) is 10.3. The van der Waals surface area contributed by atoms with E-state index in [1.165, 1.54) is 64.2 Å². The molecule has 0 aliphatic heterocycles. The summed E-state index contributed by atoms with van der Waals surface area (Å²) in [5.74, 6) is 0. The van der Waals surface area contributed by atoms with E-state index < -0.39 is 0 Å². The van der Waals surface area contributed by atoms with Crippen LogP contribution in [0.5, 0.6) is 0 Å². The molecule has 0 amide bonds. The van der Waals surface area contributed by atoms with Gasteiger partial charge in [-0.3, -0.25) is 0 Å². The van der Waals surface area contributed by atoms with Gasteiger partial charge in [-0.15, -0.1) is 0 Å². The highest BCUT2D eigenvalue weighted by molar-refractivity contribution is 7.80. The number of thiocarbonyl (C=S) groups is 2. The first-order chi connectivity index (χ1) is 11.4. The van der Waals surface area contributed by atoms with Gasteiger partial charge in [-0.25, -0.2) is 0 Å². The van der Waals surface area contributed by atoms with Gasteiger partial charge >= 0.3 is 0 Å². The Bertz CT molecular complexity index is 301. The third kappa shape index (κ3) is 14.9. The van der Waals surface area contributed by atoms with Crippen molar-refractivity contribution in [3.8, 4) is 0 Å². The number of rotatable bonds is 13. The second-order valence-electron chi connectivity index (χ2n) is 6.79. The van der Waals surface area contributed by atoms with Crippen molar-refractivity contribution in [3.63, 3.8) is 0 Å². The Balaban J connectivity index is 3.15. The second-order valence-corrected chi connectivity index (χ2v) is 7.56. The molecule has 0 aliphatic carbocycles. The molecule has 0 bridgehead atoms. The first kappa shape index (κ1) is 23.4. The van der Waals surface area contributed by atoms with Crippen LogP contribution < -0.4 is 10.6 Å². The molecule has 0 aliphatic rings. The van der Waals surface area contributed by atoms with Gasteiger partial charge in [0.25, 0.3) is 0 Å². The van der Waals surface area contributed by atoms with E-state index in [1.54, 1.807) is 0 Å². The van der Waals surface area contributed by atoms with E-state index in [2.05, 4.69) is 10.6 Å². The number of hydrogen-bond acceptors (Lipinski definition) is 2. The highest BCUT2D eigenvalue weighted by Gasteiger charge is 1.98. The fourth-order valence-corrected chi connectivity index (χ4v) is 2.58. The molecule has 4 nitrogen and oxygen atoms in total. The molecule has 0 fully saturated rings. The predicted octanol–water partition coefficient (Wildman–Crippen LogP) is 3.76. The smallest absolute Gasteiger partial charge is 0.168 e. The minimum atomic E-state index is 0.841. The molecule has 0 aromatic carbocycles. The molecule has 0 atom stereocenters. The van der Waals surface area contributed by atoms with Crippen molar-refractivity contribution in [2.24, 2.45) is 0 Å². The lowest BCUT2D eigenvalue weighted by molar-refractivity contribution is 0.540. The van der Waals surface area contributed by atoms with Crippen molar-refractivity contribution in [3.05, 3.63) is 0 Å². The largest absolute Gasteiger partial charge is 0.363 e. The lowest BCUT2D eigenvalue weighted by atomic mass is 10.1. The summed E-state index contributed by atoms with van der Waals surface area (Å²) in [5.41, 5.74) is 0. The molecular weight excluding hydrogens is 336 g/mol. The van der Waals surface area contributed by atoms with Crippen LogP contribution >= 0.6 is 24.4 Å². The van der Waals surface area contributed by atoms with Crippen molar-refractivity contribution >= 4 is 34.7 Å². The molecular formula is C18H38N4S2. The summed E-state index contributed by atoms with van der Waals surface area (Å²) in [5, 5.41) is 8.23. The minimum absolute atomic E-state index is 0.841. The van der Waals surface area contributed by atoms with Gasteiger partial charge in [-0.05, 0) is 37.3 Å². The van der Waals surface area contributed by atoms with Gasteiger partial charge in [-0.2, -0.15) is 0 Å². The molecule has 0 unspecified atom stereocenters. The summed E-state index contributed by atoms with van der Waals surface area (Å²) in [7, 11) is 7.91. The molecule has 0 saturated carbocycles. The molecule has 0 spiro atoms. The van der Waals surface area contributed by atoms with Crippen LogP contribution in [-0.2, 0) is 0 Å². The second kappa shape index (κ2) is 15.9. The Hall–Kier alpha value is -0.620. The van der Waals surface area contributed by atoms with Crippen LogP contribution in [0.3, 0.4) is 0 Å². The Labute approximate surface area is 160 Å². The fraction of sp³-hybridized carbons (Fsp3) is 0.889. The maximum absolute atomic E-state index is 5.19. The summed E-state index contributed by atoms with van der Waals surface area (Å²) >= 11 is 10.4. The standard InChI is InChI=1S/C18H38N4S2/c1-21(2)17(23)19-15-13-11-9-7-5-6-8-10-12-14-16-20-18(24)22(3)4/h5-16H2,1-4H3,(H,19,23)(H,20,24). The van der Waals surface area contributed by atoms with Gasteiger partial charge in [0.1, 0.15) is 0 Å². The summed E-state index contributed by atoms with van der Waals surface area (Å²) in [4.78, 5) is 3.89. The van der Waals surface area contributed by atoms with E-state index in [0.717, 1.165) is 23.3 Å². The quantitative estimate of drug-likeness (QED) is 0.377. The lowest BCUT2D eigenvalue weighted by Gasteiger charge is -2.15. The Kier molecular flexibility index (Phi) is 15.5. The third-order valence-electron chi connectivity index (χ3n) is 3.97. The van der Waals surface area contributed by atoms with Crippen LogP contribution in [0.2, 0.25) is 0 Å². The topological polar surface area (TPSA) is 30.5 Å². The van der Waals surface area contributed by atoms with Crippen LogP contribution in [0.4, 0.5) is 0 Å². The first-order valence-electron chi connectivity index (χ1n) is 9.35. The van der Waals surface area contributed by atoms with Gasteiger partial charge in [0.05, 0.1) is 0 Å². The molecule has 0 radical (unpaired) electrons. The summed E-state index contributed by atoms with van der Waals surface area (Å²) in [6.45, 7) is 2.00. The van der Waals surface area contributed by atoms with Crippen LogP contribution in [0, 0.1) is 0 Å². The average molecular weight is 375 g/mol. The number of nitrogens with zero attached hydrogens (tertiary/aromatic N) is 2. The fourth-order valence-electron chi connectivity index (χ4n) is 2.37. The van der Waals surface area contributed by atoms with Crippen LogP contribution in [0.15, 0.2) is 0 Å². The average Bonchev–Trinajstić information content (AvgIpc) is 2.54. The van der Waals surface area contributed by atoms with Crippen LogP contribution in [-0.4, -0.2) is 61.3 Å². The number of nitrogens with one attached hydrogen (secondary N) is 2. The van der Waals surface area contributed by atoms with Gasteiger partial charge in [0, 0.05) is 41.3 Å². The van der Waals surface area contributed by atoms with E-state index in [-0.39, 0.29) is 0 Å². The molecule has 0 rings (SSSR count). The van der Waals surface area contributed by atoms with Crippen molar-refractivity contribution in [1.29, 1.82) is 0 Å². The van der Waals surface area contributed by atoms with Crippen LogP contribution in [0.1, 0.15) is 64.2 Å². The molecule has 0 saturated heterocycles. The highest BCUT2D eigenvalue weighted by Crippen LogP contribution is 2.10. The SMILES string of the molecule is CN(C)C(=S)NCCCCCCCCCCCCNC(=S)N(C)C. The Morgan fingerprint density at radius 1 is 0.542 bits per heavy atom. The van der Waals surface area contributed by atoms with Gasteiger partial charge in [0.15, 0.2) is 10.2 Å². The molecule has 142 valence electrons. The van der Waals surface area contributed by atoms with Crippen molar-refractivity contribution in [2.75, 3.05) is 41.3 Å². The minimum Gasteiger partial charge on any atom is -0.363 e. The van der Waals surface area contributed by atoms with Crippen molar-refractivity contribution in [1.82, 2.24) is 20.4 Å². The maximum Gasteiger partial charge on any atom is 0.168 e. The van der Waals surface area contributed by atoms with E-state index in [1.807, 2.05) is 38.0 Å². The van der Waals surface area contributed by atoms with E-state index in [0.29, 0.717) is 0 Å². The summed E-state index contributed by atoms with van der Waals surface area (Å²) < 4.78 is 0. The van der Waals surface area contributed by atoms with E-state index in [4.69, 9.17) is 24.4 Å². The summed E-state index contributed by atoms with van der Waals surface area (Å²) in [6, 6.07) is 0. The van der Waals surface area contributed by atoms with Crippen LogP contribution in [0.25, 0.3) is 0 Å². The zero-order valence-corrected chi connectivity index (χ0v) is 17.8. The van der Waals surface area contributed by atoms with Gasteiger partial charge < -0.3 is 20.4 Å². The van der Waals surface area contributed by atoms with Crippen molar-refractivity contribution < 1.29 is 0 Å². The monoisotopic (exact) mass is 374 g/mol. The third-order valence-corrected chi connectivity index (χ3v) is 4.99. The maximum atomic E-state index is 5.19. The Morgan fingerprint density at radius 2 is 0.792 bits per heavy atom. The lowest BCUT2D eigenvalue weighted by Crippen LogP contribution is -2.34. The molecule has 6 heteroatoms.